The number of carbonyl (C=O) groups is 1. The van der Waals surface area contributed by atoms with Crippen molar-refractivity contribution in [2.45, 2.75) is 12.5 Å². The fourth-order valence-electron chi connectivity index (χ4n) is 4.22. The van der Waals surface area contributed by atoms with E-state index < -0.39 is 5.91 Å². The molecule has 4 heterocycles. The first kappa shape index (κ1) is 18.3. The van der Waals surface area contributed by atoms with Crippen molar-refractivity contribution in [2.24, 2.45) is 5.73 Å². The quantitative estimate of drug-likeness (QED) is 0.452. The van der Waals surface area contributed by atoms with Gasteiger partial charge in [-0.15, -0.1) is 0 Å². The third kappa shape index (κ3) is 2.69. The van der Waals surface area contributed by atoms with E-state index >= 15 is 0 Å². The Labute approximate surface area is 180 Å². The zero-order valence-electron chi connectivity index (χ0n) is 16.7. The van der Waals surface area contributed by atoms with Crippen molar-refractivity contribution < 1.29 is 9.53 Å². The monoisotopic (exact) mass is 427 g/mol. The second-order valence-corrected chi connectivity index (χ2v) is 7.58. The van der Waals surface area contributed by atoms with Crippen LogP contribution in [-0.4, -0.2) is 41.6 Å². The predicted octanol–water partition coefficient (Wildman–Crippen LogP) is 1.93. The smallest absolute Gasteiger partial charge is 0.328 e. The number of aromatic nitrogens is 6. The number of carbonyl (C=O) groups excluding carboxylic acids is 1. The van der Waals surface area contributed by atoms with Gasteiger partial charge in [0.2, 0.25) is 11.9 Å². The minimum absolute atomic E-state index is 0.218. The first-order valence-corrected chi connectivity index (χ1v) is 10.1. The van der Waals surface area contributed by atoms with Gasteiger partial charge in [-0.25, -0.2) is 14.8 Å². The van der Waals surface area contributed by atoms with E-state index in [1.54, 1.807) is 39.9 Å². The first-order valence-electron chi connectivity index (χ1n) is 10.1. The molecule has 0 aliphatic carbocycles. The van der Waals surface area contributed by atoms with Crippen molar-refractivity contribution >= 4 is 28.1 Å². The molecule has 1 amide bonds. The topological polar surface area (TPSA) is 134 Å². The molecule has 1 aliphatic rings. The standard InChI is InChI=1S/C22H17N7O3/c23-19(30)12-5-6-14-17(9-12)28(11-25-14)21-24-10-15-20(27-21)29(22(31)26-15)16-7-8-32-18-4-2-1-3-13(16)18/h1-6,9-11,16H,7-8H2,(H2,23,30)(H,26,31). The molecule has 5 aromatic rings. The van der Waals surface area contributed by atoms with E-state index in [1.165, 1.54) is 0 Å². The van der Waals surface area contributed by atoms with E-state index in [0.717, 1.165) is 11.3 Å². The van der Waals surface area contributed by atoms with E-state index in [1.807, 2.05) is 24.3 Å². The molecular weight excluding hydrogens is 410 g/mol. The van der Waals surface area contributed by atoms with Gasteiger partial charge in [-0.1, -0.05) is 18.2 Å². The highest BCUT2D eigenvalue weighted by molar-refractivity contribution is 5.96. The number of aromatic amines is 1. The van der Waals surface area contributed by atoms with Gasteiger partial charge < -0.3 is 15.5 Å². The fourth-order valence-corrected chi connectivity index (χ4v) is 4.22. The second kappa shape index (κ2) is 6.77. The molecule has 10 heteroatoms. The van der Waals surface area contributed by atoms with Crippen LogP contribution < -0.4 is 16.2 Å². The molecule has 0 saturated heterocycles. The number of imidazole rings is 2. The number of hydrogen-bond donors (Lipinski definition) is 2. The van der Waals surface area contributed by atoms with Gasteiger partial charge in [-0.2, -0.15) is 4.98 Å². The third-order valence-corrected chi connectivity index (χ3v) is 5.73. The van der Waals surface area contributed by atoms with Crippen molar-refractivity contribution in [3.63, 3.8) is 0 Å². The van der Waals surface area contributed by atoms with E-state index in [0.29, 0.717) is 46.7 Å². The Morgan fingerprint density at radius 1 is 1.19 bits per heavy atom. The lowest BCUT2D eigenvalue weighted by atomic mass is 10.0. The highest BCUT2D eigenvalue weighted by atomic mass is 16.5. The number of nitrogens with one attached hydrogen (secondary N) is 1. The summed E-state index contributed by atoms with van der Waals surface area (Å²) in [5.41, 5.74) is 8.78. The Kier molecular flexibility index (Phi) is 3.88. The molecule has 1 unspecified atom stereocenters. The second-order valence-electron chi connectivity index (χ2n) is 7.58. The van der Waals surface area contributed by atoms with Crippen molar-refractivity contribution in [3.05, 3.63) is 76.6 Å². The minimum atomic E-state index is -0.534. The molecule has 0 fully saturated rings. The van der Waals surface area contributed by atoms with Gasteiger partial charge in [0.05, 0.1) is 29.9 Å². The van der Waals surface area contributed by atoms with Crippen molar-refractivity contribution in [3.8, 4) is 11.7 Å². The SMILES string of the molecule is NC(=O)c1ccc2ncn(-c3ncc4[nH]c(=O)n(C5CCOc6ccccc65)c4n3)c2c1. The summed E-state index contributed by atoms with van der Waals surface area (Å²) < 4.78 is 9.07. The summed E-state index contributed by atoms with van der Waals surface area (Å²) in [6, 6.07) is 12.5. The molecule has 3 aromatic heterocycles. The average molecular weight is 427 g/mol. The first-order chi connectivity index (χ1) is 15.6. The molecule has 1 aliphatic heterocycles. The van der Waals surface area contributed by atoms with Crippen molar-refractivity contribution in [1.82, 2.24) is 29.1 Å². The molecule has 0 bridgehead atoms. The Hall–Kier alpha value is -4.47. The van der Waals surface area contributed by atoms with Gasteiger partial charge >= 0.3 is 5.69 Å². The number of nitrogens with two attached hydrogens (primary N) is 1. The largest absolute Gasteiger partial charge is 0.493 e. The maximum absolute atomic E-state index is 12.9. The van der Waals surface area contributed by atoms with E-state index in [-0.39, 0.29) is 11.7 Å². The maximum Gasteiger partial charge on any atom is 0.328 e. The maximum atomic E-state index is 12.9. The third-order valence-electron chi connectivity index (χ3n) is 5.73. The number of amides is 1. The summed E-state index contributed by atoms with van der Waals surface area (Å²) in [5.74, 6) is 0.558. The molecule has 0 radical (unpaired) electrons. The number of nitrogens with zero attached hydrogens (tertiary/aromatic N) is 5. The van der Waals surface area contributed by atoms with Gasteiger partial charge in [-0.05, 0) is 24.3 Å². The van der Waals surface area contributed by atoms with Crippen LogP contribution in [0.25, 0.3) is 28.1 Å². The molecule has 32 heavy (non-hydrogen) atoms. The minimum Gasteiger partial charge on any atom is -0.493 e. The van der Waals surface area contributed by atoms with Crippen LogP contribution in [-0.2, 0) is 0 Å². The number of primary amides is 1. The lowest BCUT2D eigenvalue weighted by molar-refractivity contribution is 0.100. The van der Waals surface area contributed by atoms with E-state index in [9.17, 15) is 9.59 Å². The number of rotatable bonds is 3. The van der Waals surface area contributed by atoms with Gasteiger partial charge in [0.25, 0.3) is 0 Å². The zero-order chi connectivity index (χ0) is 21.8. The molecule has 10 nitrogen and oxygen atoms in total. The summed E-state index contributed by atoms with van der Waals surface area (Å²) in [5, 5.41) is 0. The fraction of sp³-hybridized carbons (Fsp3) is 0.136. The van der Waals surface area contributed by atoms with Gasteiger partial charge in [0.1, 0.15) is 17.6 Å². The normalized spacial score (nSPS) is 15.6. The number of benzene rings is 2. The van der Waals surface area contributed by atoms with Gasteiger partial charge in [-0.3, -0.25) is 13.9 Å². The summed E-state index contributed by atoms with van der Waals surface area (Å²) in [6.45, 7) is 0.501. The Balaban J connectivity index is 1.54. The zero-order valence-corrected chi connectivity index (χ0v) is 16.7. The Morgan fingerprint density at radius 2 is 2.06 bits per heavy atom. The number of H-pyrrole nitrogens is 1. The van der Waals surface area contributed by atoms with Crippen LogP contribution in [0, 0.1) is 0 Å². The highest BCUT2D eigenvalue weighted by Crippen LogP contribution is 2.35. The summed E-state index contributed by atoms with van der Waals surface area (Å²) in [7, 11) is 0. The van der Waals surface area contributed by atoms with Crippen LogP contribution in [0.4, 0.5) is 0 Å². The number of fused-ring (bicyclic) bond motifs is 3. The molecule has 158 valence electrons. The molecule has 6 rings (SSSR count). The Morgan fingerprint density at radius 3 is 2.94 bits per heavy atom. The van der Waals surface area contributed by atoms with Gasteiger partial charge in [0, 0.05) is 17.5 Å². The summed E-state index contributed by atoms with van der Waals surface area (Å²) in [4.78, 5) is 40.8. The van der Waals surface area contributed by atoms with Crippen LogP contribution >= 0.6 is 0 Å². The number of hydrogen-bond acceptors (Lipinski definition) is 6. The molecule has 0 saturated carbocycles. The van der Waals surface area contributed by atoms with Crippen LogP contribution in [0.5, 0.6) is 5.75 Å². The number of para-hydroxylation sites is 1. The van der Waals surface area contributed by atoms with Gasteiger partial charge in [0.15, 0.2) is 5.65 Å². The summed E-state index contributed by atoms with van der Waals surface area (Å²) >= 11 is 0. The highest BCUT2D eigenvalue weighted by Gasteiger charge is 2.27. The summed E-state index contributed by atoms with van der Waals surface area (Å²) in [6.07, 6.45) is 3.79. The van der Waals surface area contributed by atoms with Crippen LogP contribution in [0.2, 0.25) is 0 Å². The van der Waals surface area contributed by atoms with Crippen molar-refractivity contribution in [1.29, 1.82) is 0 Å². The van der Waals surface area contributed by atoms with Crippen LogP contribution in [0.3, 0.4) is 0 Å². The lowest BCUT2D eigenvalue weighted by Gasteiger charge is -2.26. The molecule has 0 spiro atoms. The predicted molar refractivity (Wildman–Crippen MR) is 116 cm³/mol. The molecule has 2 aromatic carbocycles. The molecular formula is C22H17N7O3. The number of ether oxygens (including phenoxy) is 1. The molecule has 1 atom stereocenters. The molecule has 3 N–H and O–H groups in total. The van der Waals surface area contributed by atoms with E-state index in [4.69, 9.17) is 15.5 Å². The lowest BCUT2D eigenvalue weighted by Crippen LogP contribution is -2.28. The van der Waals surface area contributed by atoms with Crippen LogP contribution in [0.1, 0.15) is 28.4 Å². The average Bonchev–Trinajstić information content (AvgIpc) is 3.37. The Bertz CT molecular complexity index is 1580. The van der Waals surface area contributed by atoms with E-state index in [2.05, 4.69) is 15.0 Å². The van der Waals surface area contributed by atoms with Crippen LogP contribution in [0.15, 0.2) is 59.8 Å². The van der Waals surface area contributed by atoms with Crippen molar-refractivity contribution in [2.75, 3.05) is 6.61 Å².